The van der Waals surface area contributed by atoms with E-state index in [4.69, 9.17) is 9.47 Å². The largest absolute Gasteiger partial charge is 0.489 e. The van der Waals surface area contributed by atoms with Gasteiger partial charge in [0, 0.05) is 31.5 Å². The van der Waals surface area contributed by atoms with E-state index in [1.165, 1.54) is 0 Å². The molecule has 3 N–H and O–H groups in total. The fourth-order valence-electron chi connectivity index (χ4n) is 5.64. The Morgan fingerprint density at radius 2 is 1.18 bits per heavy atom. The third-order valence-corrected chi connectivity index (χ3v) is 8.04. The molecule has 9 heteroatoms. The summed E-state index contributed by atoms with van der Waals surface area (Å²) >= 11 is 0. The van der Waals surface area contributed by atoms with Crippen molar-refractivity contribution in [3.05, 3.63) is 95.6 Å². The first-order chi connectivity index (χ1) is 23.2. The summed E-state index contributed by atoms with van der Waals surface area (Å²) in [6, 6.07) is 23.0. The van der Waals surface area contributed by atoms with E-state index in [0.717, 1.165) is 48.1 Å². The summed E-state index contributed by atoms with van der Waals surface area (Å²) in [5.74, 6) is 0.713. The predicted molar refractivity (Wildman–Crippen MR) is 194 cm³/mol. The van der Waals surface area contributed by atoms with E-state index in [1.807, 2.05) is 120 Å². The van der Waals surface area contributed by atoms with Crippen LogP contribution in [-0.2, 0) is 29.0 Å². The van der Waals surface area contributed by atoms with Gasteiger partial charge in [-0.15, -0.1) is 0 Å². The van der Waals surface area contributed by atoms with Crippen molar-refractivity contribution >= 4 is 17.8 Å². The Morgan fingerprint density at radius 3 is 1.71 bits per heavy atom. The summed E-state index contributed by atoms with van der Waals surface area (Å²) in [7, 11) is 0. The zero-order valence-electron chi connectivity index (χ0n) is 30.0. The Kier molecular flexibility index (Phi) is 13.1. The fourth-order valence-corrected chi connectivity index (χ4v) is 5.64. The van der Waals surface area contributed by atoms with Crippen LogP contribution in [0.5, 0.6) is 11.5 Å². The molecule has 264 valence electrons. The second-order valence-electron chi connectivity index (χ2n) is 14.9. The lowest BCUT2D eigenvalue weighted by molar-refractivity contribution is -0.130. The topological polar surface area (TPSA) is 109 Å². The summed E-state index contributed by atoms with van der Waals surface area (Å²) in [5, 5.41) is 9.01. The minimum Gasteiger partial charge on any atom is -0.489 e. The minimum atomic E-state index is -0.899. The number of carbonyl (C=O) groups excluding carboxylic acids is 3. The SMILES string of the molecule is CC(C)(C)NC(=O)[C@H](Cc1ccc(OCc2ccccc2)cc1)NC(=O)[C@H](Cc1ccc(OC(C)(C)C)cc1)NC(=O)N1CCCCCC1. The second kappa shape index (κ2) is 17.2. The number of carbonyl (C=O) groups is 3. The zero-order chi connectivity index (χ0) is 35.4. The van der Waals surface area contributed by atoms with Crippen molar-refractivity contribution in [2.45, 2.75) is 110 Å². The Balaban J connectivity index is 1.51. The zero-order valence-corrected chi connectivity index (χ0v) is 30.0. The number of rotatable bonds is 12. The smallest absolute Gasteiger partial charge is 0.318 e. The first-order valence-corrected chi connectivity index (χ1v) is 17.5. The number of urea groups is 1. The highest BCUT2D eigenvalue weighted by atomic mass is 16.5. The van der Waals surface area contributed by atoms with E-state index in [0.29, 0.717) is 25.4 Å². The van der Waals surface area contributed by atoms with E-state index < -0.39 is 23.5 Å². The van der Waals surface area contributed by atoms with Crippen LogP contribution in [0.3, 0.4) is 0 Å². The third kappa shape index (κ3) is 13.1. The van der Waals surface area contributed by atoms with Crippen molar-refractivity contribution < 1.29 is 23.9 Å². The molecule has 3 aromatic carbocycles. The third-order valence-electron chi connectivity index (χ3n) is 8.04. The number of nitrogens with one attached hydrogen (secondary N) is 3. The number of likely N-dealkylation sites (tertiary alicyclic amines) is 1. The van der Waals surface area contributed by atoms with Crippen LogP contribution in [0.15, 0.2) is 78.9 Å². The molecule has 2 atom stereocenters. The highest BCUT2D eigenvalue weighted by Gasteiger charge is 2.30. The van der Waals surface area contributed by atoms with Crippen molar-refractivity contribution in [3.63, 3.8) is 0 Å². The number of nitrogens with zero attached hydrogens (tertiary/aromatic N) is 1. The molecule has 9 nitrogen and oxygen atoms in total. The Morgan fingerprint density at radius 1 is 0.653 bits per heavy atom. The molecule has 0 bridgehead atoms. The highest BCUT2D eigenvalue weighted by molar-refractivity contribution is 5.92. The van der Waals surface area contributed by atoms with E-state index in [-0.39, 0.29) is 30.4 Å². The van der Waals surface area contributed by atoms with Crippen molar-refractivity contribution in [1.82, 2.24) is 20.9 Å². The molecule has 4 rings (SSSR count). The van der Waals surface area contributed by atoms with Gasteiger partial charge in [-0.2, -0.15) is 0 Å². The first-order valence-electron chi connectivity index (χ1n) is 17.5. The molecule has 1 fully saturated rings. The predicted octanol–water partition coefficient (Wildman–Crippen LogP) is 6.58. The molecule has 0 unspecified atom stereocenters. The molecule has 0 saturated carbocycles. The first kappa shape index (κ1) is 37.3. The Labute approximate surface area is 292 Å². The molecule has 1 aliphatic heterocycles. The Bertz CT molecular complexity index is 1490. The summed E-state index contributed by atoms with van der Waals surface area (Å²) in [6.07, 6.45) is 4.55. The highest BCUT2D eigenvalue weighted by Crippen LogP contribution is 2.20. The van der Waals surface area contributed by atoms with Gasteiger partial charge in [0.1, 0.15) is 35.8 Å². The fraction of sp³-hybridized carbons (Fsp3) is 0.475. The molecule has 1 aliphatic rings. The minimum absolute atomic E-state index is 0.252. The summed E-state index contributed by atoms with van der Waals surface area (Å²) < 4.78 is 11.9. The Hall–Kier alpha value is -4.53. The maximum atomic E-state index is 14.1. The van der Waals surface area contributed by atoms with Crippen molar-refractivity contribution in [2.75, 3.05) is 13.1 Å². The maximum Gasteiger partial charge on any atom is 0.318 e. The van der Waals surface area contributed by atoms with Crippen LogP contribution >= 0.6 is 0 Å². The van der Waals surface area contributed by atoms with Gasteiger partial charge in [0.15, 0.2) is 0 Å². The van der Waals surface area contributed by atoms with Crippen LogP contribution in [-0.4, -0.2) is 59.1 Å². The van der Waals surface area contributed by atoms with Gasteiger partial charge < -0.3 is 30.3 Å². The molecular weight excluding hydrogens is 616 g/mol. The standard InChI is InChI=1S/C40H54N4O5/c1-39(2,3)43-37(46)35(27-29-16-20-32(21-17-29)48-28-31-14-10-9-11-15-31)41-36(45)34(42-38(47)44-24-12-7-8-13-25-44)26-30-18-22-33(23-19-30)49-40(4,5)6/h9-11,14-23,34-35H,7-8,12-13,24-28H2,1-6H3,(H,41,45)(H,42,47)(H,43,46)/t34-,35-/m0/s1. The van der Waals surface area contributed by atoms with Gasteiger partial charge in [0.2, 0.25) is 11.8 Å². The number of hydrogen-bond donors (Lipinski definition) is 3. The maximum absolute atomic E-state index is 14.1. The lowest BCUT2D eigenvalue weighted by Crippen LogP contribution is -2.58. The molecule has 0 aromatic heterocycles. The molecule has 0 spiro atoms. The van der Waals surface area contributed by atoms with Gasteiger partial charge in [0.25, 0.3) is 0 Å². The molecule has 3 aromatic rings. The molecular formula is C40H54N4O5. The van der Waals surface area contributed by atoms with Crippen LogP contribution in [0.2, 0.25) is 0 Å². The van der Waals surface area contributed by atoms with E-state index in [1.54, 1.807) is 4.90 Å². The van der Waals surface area contributed by atoms with Crippen LogP contribution in [0.4, 0.5) is 4.79 Å². The van der Waals surface area contributed by atoms with Gasteiger partial charge in [-0.1, -0.05) is 67.4 Å². The average molecular weight is 671 g/mol. The summed E-state index contributed by atoms with van der Waals surface area (Å²) in [4.78, 5) is 42.9. The molecule has 1 heterocycles. The molecule has 1 saturated heterocycles. The molecule has 49 heavy (non-hydrogen) atoms. The van der Waals surface area contributed by atoms with Crippen LogP contribution < -0.4 is 25.4 Å². The molecule has 4 amide bonds. The van der Waals surface area contributed by atoms with Crippen LogP contribution in [0.1, 0.15) is 83.9 Å². The van der Waals surface area contributed by atoms with E-state index >= 15 is 0 Å². The monoisotopic (exact) mass is 670 g/mol. The summed E-state index contributed by atoms with van der Waals surface area (Å²) in [5.41, 5.74) is 1.94. The number of ether oxygens (including phenoxy) is 2. The van der Waals surface area contributed by atoms with Crippen molar-refractivity contribution in [3.8, 4) is 11.5 Å². The van der Waals surface area contributed by atoms with E-state index in [2.05, 4.69) is 16.0 Å². The average Bonchev–Trinajstić information content (AvgIpc) is 3.34. The molecule has 0 radical (unpaired) electrons. The van der Waals surface area contributed by atoms with Gasteiger partial charge in [-0.25, -0.2) is 4.79 Å². The normalized spacial score (nSPS) is 14.9. The van der Waals surface area contributed by atoms with Gasteiger partial charge in [0.05, 0.1) is 0 Å². The number of amides is 4. The van der Waals surface area contributed by atoms with Gasteiger partial charge >= 0.3 is 6.03 Å². The van der Waals surface area contributed by atoms with Crippen LogP contribution in [0.25, 0.3) is 0 Å². The second-order valence-corrected chi connectivity index (χ2v) is 14.9. The van der Waals surface area contributed by atoms with Gasteiger partial charge in [-0.05, 0) is 95.3 Å². The molecule has 0 aliphatic carbocycles. The quantitative estimate of drug-likeness (QED) is 0.202. The van der Waals surface area contributed by atoms with Gasteiger partial charge in [-0.3, -0.25) is 9.59 Å². The lowest BCUT2D eigenvalue weighted by Gasteiger charge is -2.29. The van der Waals surface area contributed by atoms with Crippen molar-refractivity contribution in [1.29, 1.82) is 0 Å². The lowest BCUT2D eigenvalue weighted by atomic mass is 10.0. The van der Waals surface area contributed by atoms with E-state index in [9.17, 15) is 14.4 Å². The number of benzene rings is 3. The summed E-state index contributed by atoms with van der Waals surface area (Å²) in [6.45, 7) is 13.4. The van der Waals surface area contributed by atoms with Crippen molar-refractivity contribution in [2.24, 2.45) is 0 Å². The number of hydrogen-bond acceptors (Lipinski definition) is 5. The van der Waals surface area contributed by atoms with Crippen LogP contribution in [0, 0.1) is 0 Å².